The first-order valence-corrected chi connectivity index (χ1v) is 9.16. The van der Waals surface area contributed by atoms with Crippen LogP contribution < -0.4 is 0 Å². The maximum absolute atomic E-state index is 10.5. The molecule has 1 aliphatic rings. The minimum Gasteiger partial charge on any atom is -0.450 e. The molecule has 1 fully saturated rings. The molecule has 1 aliphatic carbocycles. The summed E-state index contributed by atoms with van der Waals surface area (Å²) in [4.78, 5) is 20.7. The summed E-state index contributed by atoms with van der Waals surface area (Å²) >= 11 is 10.1. The lowest BCUT2D eigenvalue weighted by Crippen LogP contribution is -2.29. The summed E-state index contributed by atoms with van der Waals surface area (Å²) in [5.74, 6) is 0.743. The van der Waals surface area contributed by atoms with Crippen LogP contribution in [0.1, 0.15) is 52.0 Å². The van der Waals surface area contributed by atoms with Crippen molar-refractivity contribution in [3.8, 4) is 0 Å². The Morgan fingerprint density at radius 1 is 1.00 bits per heavy atom. The van der Waals surface area contributed by atoms with Crippen molar-refractivity contribution < 1.29 is 19.1 Å². The molecule has 0 unspecified atom stereocenters. The average Bonchev–Trinajstić information content (AvgIpc) is 2.53. The first-order valence-electron chi connectivity index (χ1n) is 8.40. The molecular weight excluding hydrogens is 363 g/mol. The van der Waals surface area contributed by atoms with Crippen molar-refractivity contribution in [1.82, 2.24) is 0 Å². The Balaban J connectivity index is 0.000000257. The first kappa shape index (κ1) is 21.8. The van der Waals surface area contributed by atoms with Gasteiger partial charge in [0.05, 0.1) is 0 Å². The van der Waals surface area contributed by atoms with E-state index in [4.69, 9.17) is 27.9 Å². The molecule has 0 heterocycles. The van der Waals surface area contributed by atoms with Crippen LogP contribution in [0.15, 0.2) is 30.3 Å². The van der Waals surface area contributed by atoms with E-state index in [0.717, 1.165) is 37.2 Å². The van der Waals surface area contributed by atoms with Crippen molar-refractivity contribution in [2.75, 3.05) is 0 Å². The molecule has 0 spiro atoms. The average molecular weight is 389 g/mol. The lowest BCUT2D eigenvalue weighted by Gasteiger charge is -2.36. The highest BCUT2D eigenvalue weighted by Gasteiger charge is 2.30. The highest BCUT2D eigenvalue weighted by atomic mass is 35.5. The standard InChI is InChI=1S/C11H19ClO2.C8H7ClO2/c1-11(2,3)8-4-6-9(7-5-8)14-10(12)13;9-8(10)11-6-7-4-2-1-3-5-7/h8-9H,4-7H2,1-3H3;1-5H,6H2. The van der Waals surface area contributed by atoms with E-state index in [1.54, 1.807) is 0 Å². The number of carbonyl (C=O) groups excluding carboxylic acids is 2. The maximum Gasteiger partial charge on any atom is 0.404 e. The van der Waals surface area contributed by atoms with Crippen LogP contribution in [0.2, 0.25) is 0 Å². The molecule has 0 saturated heterocycles. The van der Waals surface area contributed by atoms with E-state index in [1.807, 2.05) is 30.3 Å². The van der Waals surface area contributed by atoms with E-state index in [0.29, 0.717) is 5.41 Å². The molecule has 1 aromatic rings. The lowest BCUT2D eigenvalue weighted by molar-refractivity contribution is 0.0586. The number of ether oxygens (including phenoxy) is 2. The third-order valence-corrected chi connectivity index (χ3v) is 4.55. The van der Waals surface area contributed by atoms with Gasteiger partial charge in [-0.3, -0.25) is 0 Å². The Labute approximate surface area is 159 Å². The summed E-state index contributed by atoms with van der Waals surface area (Å²) in [7, 11) is 0. The second-order valence-electron chi connectivity index (χ2n) is 7.21. The maximum atomic E-state index is 10.5. The van der Waals surface area contributed by atoms with Gasteiger partial charge >= 0.3 is 10.9 Å². The van der Waals surface area contributed by atoms with Crippen molar-refractivity contribution in [1.29, 1.82) is 0 Å². The topological polar surface area (TPSA) is 52.6 Å². The van der Waals surface area contributed by atoms with Crippen LogP contribution in [0, 0.1) is 11.3 Å². The Morgan fingerprint density at radius 3 is 2.00 bits per heavy atom. The lowest BCUT2D eigenvalue weighted by atomic mass is 9.72. The van der Waals surface area contributed by atoms with Gasteiger partial charge in [0.15, 0.2) is 0 Å². The van der Waals surface area contributed by atoms with E-state index < -0.39 is 10.9 Å². The van der Waals surface area contributed by atoms with Crippen LogP contribution >= 0.6 is 23.2 Å². The molecule has 6 heteroatoms. The Morgan fingerprint density at radius 2 is 1.56 bits per heavy atom. The van der Waals surface area contributed by atoms with Crippen LogP contribution in [0.5, 0.6) is 0 Å². The molecule has 2 rings (SSSR count). The van der Waals surface area contributed by atoms with E-state index in [2.05, 4.69) is 25.5 Å². The molecular formula is C19H26Cl2O4. The summed E-state index contributed by atoms with van der Waals surface area (Å²) in [6, 6.07) is 9.36. The van der Waals surface area contributed by atoms with Gasteiger partial charge in [-0.05, 0) is 42.6 Å². The van der Waals surface area contributed by atoms with Crippen LogP contribution in [0.4, 0.5) is 9.59 Å². The molecule has 0 aliphatic heterocycles. The molecule has 0 radical (unpaired) electrons. The van der Waals surface area contributed by atoms with Crippen molar-refractivity contribution >= 4 is 34.1 Å². The largest absolute Gasteiger partial charge is 0.450 e. The zero-order chi connectivity index (χ0) is 18.9. The molecule has 0 N–H and O–H groups in total. The first-order chi connectivity index (χ1) is 11.7. The fourth-order valence-corrected chi connectivity index (χ4v) is 3.07. The van der Waals surface area contributed by atoms with Gasteiger partial charge in [0, 0.05) is 23.2 Å². The van der Waals surface area contributed by atoms with E-state index in [-0.39, 0.29) is 12.7 Å². The van der Waals surface area contributed by atoms with Crippen LogP contribution in [-0.2, 0) is 16.1 Å². The Bertz CT molecular complexity index is 532. The second kappa shape index (κ2) is 10.7. The van der Waals surface area contributed by atoms with Gasteiger partial charge in [-0.15, -0.1) is 0 Å². The van der Waals surface area contributed by atoms with Gasteiger partial charge in [-0.2, -0.15) is 0 Å². The van der Waals surface area contributed by atoms with E-state index in [9.17, 15) is 9.59 Å². The van der Waals surface area contributed by atoms with Crippen LogP contribution in [0.3, 0.4) is 0 Å². The second-order valence-corrected chi connectivity index (χ2v) is 7.82. The number of hydrogen-bond donors (Lipinski definition) is 0. The summed E-state index contributed by atoms with van der Waals surface area (Å²) in [5.41, 5.74) is -0.129. The zero-order valence-corrected chi connectivity index (χ0v) is 16.5. The fraction of sp³-hybridized carbons (Fsp3) is 0.579. The number of halogens is 2. The highest BCUT2D eigenvalue weighted by molar-refractivity contribution is 6.61. The SMILES string of the molecule is CC(C)(C)C1CCC(OC(=O)Cl)CC1.O=C(Cl)OCc1ccccc1. The summed E-state index contributed by atoms with van der Waals surface area (Å²) in [5, 5.41) is 0. The zero-order valence-electron chi connectivity index (χ0n) is 15.0. The third-order valence-electron chi connectivity index (χ3n) is 4.35. The molecule has 140 valence electrons. The van der Waals surface area contributed by atoms with Gasteiger partial charge < -0.3 is 9.47 Å². The summed E-state index contributed by atoms with van der Waals surface area (Å²) in [6.45, 7) is 7.05. The quantitative estimate of drug-likeness (QED) is 0.552. The van der Waals surface area contributed by atoms with Crippen LogP contribution in [0.25, 0.3) is 0 Å². The molecule has 0 atom stereocenters. The predicted octanol–water partition coefficient (Wildman–Crippen LogP) is 6.53. The molecule has 25 heavy (non-hydrogen) atoms. The van der Waals surface area contributed by atoms with Gasteiger partial charge in [0.1, 0.15) is 12.7 Å². The minimum atomic E-state index is -0.770. The van der Waals surface area contributed by atoms with Gasteiger partial charge in [0.25, 0.3) is 0 Å². The van der Waals surface area contributed by atoms with E-state index >= 15 is 0 Å². The molecule has 0 amide bonds. The minimum absolute atomic E-state index is 0.0543. The van der Waals surface area contributed by atoms with Crippen molar-refractivity contribution in [2.45, 2.75) is 59.2 Å². The predicted molar refractivity (Wildman–Crippen MR) is 100 cm³/mol. The molecule has 0 aromatic heterocycles. The molecule has 1 aromatic carbocycles. The third kappa shape index (κ3) is 9.71. The van der Waals surface area contributed by atoms with Gasteiger partial charge in [-0.25, -0.2) is 9.59 Å². The number of hydrogen-bond acceptors (Lipinski definition) is 4. The molecule has 1 saturated carbocycles. The fourth-order valence-electron chi connectivity index (χ4n) is 2.89. The van der Waals surface area contributed by atoms with Crippen molar-refractivity contribution in [3.05, 3.63) is 35.9 Å². The summed E-state index contributed by atoms with van der Waals surface area (Å²) in [6.07, 6.45) is 4.25. The summed E-state index contributed by atoms with van der Waals surface area (Å²) < 4.78 is 9.53. The Kier molecular flexibility index (Phi) is 9.30. The number of rotatable bonds is 3. The normalized spacial score (nSPS) is 20.0. The van der Waals surface area contributed by atoms with Gasteiger partial charge in [-0.1, -0.05) is 51.1 Å². The van der Waals surface area contributed by atoms with E-state index in [1.165, 1.54) is 0 Å². The Hall–Kier alpha value is -1.26. The molecule has 0 bridgehead atoms. The van der Waals surface area contributed by atoms with Crippen LogP contribution in [-0.4, -0.2) is 17.0 Å². The smallest absolute Gasteiger partial charge is 0.404 e. The van der Waals surface area contributed by atoms with Gasteiger partial charge in [0.2, 0.25) is 0 Å². The number of benzene rings is 1. The monoisotopic (exact) mass is 388 g/mol. The van der Waals surface area contributed by atoms with Crippen molar-refractivity contribution in [3.63, 3.8) is 0 Å². The van der Waals surface area contributed by atoms with Crippen molar-refractivity contribution in [2.24, 2.45) is 11.3 Å². The number of carbonyl (C=O) groups is 2. The molecule has 4 nitrogen and oxygen atoms in total. The highest BCUT2D eigenvalue weighted by Crippen LogP contribution is 2.38.